The molecular weight excluding hydrogens is 362 g/mol. The van der Waals surface area contributed by atoms with Crippen LogP contribution in [0.5, 0.6) is 11.5 Å². The van der Waals surface area contributed by atoms with Crippen LogP contribution in [0.1, 0.15) is 26.5 Å². The topological polar surface area (TPSA) is 92.5 Å². The Morgan fingerprint density at radius 2 is 1.75 bits per heavy atom. The number of ketones is 1. The van der Waals surface area contributed by atoms with Crippen molar-refractivity contribution in [1.29, 1.82) is 0 Å². The first-order valence-electron chi connectivity index (χ1n) is 8.45. The first kappa shape index (κ1) is 19.1. The first-order valence-corrected chi connectivity index (χ1v) is 8.45. The smallest absolute Gasteiger partial charge is 0.361 e. The molecule has 0 N–H and O–H groups in total. The Morgan fingerprint density at radius 1 is 1.00 bits per heavy atom. The van der Waals surface area contributed by atoms with E-state index >= 15 is 0 Å². The molecule has 8 heteroatoms. The van der Waals surface area contributed by atoms with Gasteiger partial charge in [0.15, 0.2) is 12.3 Å². The number of para-hydroxylation sites is 1. The highest BCUT2D eigenvalue weighted by molar-refractivity contribution is 6.01. The Labute approximate surface area is 161 Å². The van der Waals surface area contributed by atoms with E-state index in [-0.39, 0.29) is 5.69 Å². The van der Waals surface area contributed by atoms with Crippen LogP contribution in [0, 0.1) is 6.92 Å². The molecule has 8 nitrogen and oxygen atoms in total. The molecule has 0 amide bonds. The molecule has 1 aromatic heterocycles. The lowest BCUT2D eigenvalue weighted by atomic mass is 10.1. The van der Waals surface area contributed by atoms with Crippen molar-refractivity contribution in [2.75, 3.05) is 20.8 Å². The molecule has 0 saturated heterocycles. The number of aromatic nitrogens is 3. The molecule has 0 unspecified atom stereocenters. The van der Waals surface area contributed by atoms with Crippen LogP contribution in [-0.2, 0) is 4.74 Å². The normalized spacial score (nSPS) is 10.4. The van der Waals surface area contributed by atoms with E-state index in [0.717, 1.165) is 0 Å². The lowest BCUT2D eigenvalue weighted by molar-refractivity contribution is 0.0467. The molecule has 0 saturated carbocycles. The molecule has 28 heavy (non-hydrogen) atoms. The molecule has 0 bridgehead atoms. The van der Waals surface area contributed by atoms with Gasteiger partial charge in [-0.15, -0.1) is 5.10 Å². The summed E-state index contributed by atoms with van der Waals surface area (Å²) in [4.78, 5) is 26.1. The zero-order valence-electron chi connectivity index (χ0n) is 15.7. The monoisotopic (exact) mass is 381 g/mol. The molecule has 1 heterocycles. The molecule has 3 rings (SSSR count). The maximum atomic E-state index is 12.4. The fourth-order valence-corrected chi connectivity index (χ4v) is 2.55. The third-order valence-electron chi connectivity index (χ3n) is 4.01. The summed E-state index contributed by atoms with van der Waals surface area (Å²) in [5.74, 6) is -0.230. The van der Waals surface area contributed by atoms with Crippen molar-refractivity contribution >= 4 is 11.8 Å². The second kappa shape index (κ2) is 8.34. The maximum Gasteiger partial charge on any atom is 0.361 e. The quantitative estimate of drug-likeness (QED) is 0.459. The molecule has 3 aromatic rings. The van der Waals surface area contributed by atoms with E-state index in [2.05, 4.69) is 10.2 Å². The summed E-state index contributed by atoms with van der Waals surface area (Å²) < 4.78 is 15.4. The van der Waals surface area contributed by atoms with Crippen molar-refractivity contribution in [2.24, 2.45) is 0 Å². The van der Waals surface area contributed by atoms with Gasteiger partial charge in [0.25, 0.3) is 0 Å². The SMILES string of the molecule is COc1ccc(C(=O)COC(=O)c2nn(-c3ccccc3)nc2C)c(OC)c1. The molecule has 144 valence electrons. The van der Waals surface area contributed by atoms with Crippen LogP contribution in [0.3, 0.4) is 0 Å². The molecule has 0 atom stereocenters. The molecule has 2 aromatic carbocycles. The van der Waals surface area contributed by atoms with Crippen molar-refractivity contribution in [3.63, 3.8) is 0 Å². The van der Waals surface area contributed by atoms with Crippen LogP contribution in [-0.4, -0.2) is 47.6 Å². The van der Waals surface area contributed by atoms with Crippen LogP contribution in [0.15, 0.2) is 48.5 Å². The Hall–Kier alpha value is -3.68. The third kappa shape index (κ3) is 4.01. The highest BCUT2D eigenvalue weighted by atomic mass is 16.5. The van der Waals surface area contributed by atoms with E-state index < -0.39 is 18.4 Å². The predicted molar refractivity (Wildman–Crippen MR) is 100 cm³/mol. The van der Waals surface area contributed by atoms with Gasteiger partial charge in [-0.1, -0.05) is 18.2 Å². The van der Waals surface area contributed by atoms with Crippen LogP contribution >= 0.6 is 0 Å². The van der Waals surface area contributed by atoms with Gasteiger partial charge in [-0.25, -0.2) is 4.79 Å². The second-order valence-electron chi connectivity index (χ2n) is 5.82. The van der Waals surface area contributed by atoms with Crippen LogP contribution in [0.25, 0.3) is 5.69 Å². The Kier molecular flexibility index (Phi) is 5.69. The molecule has 0 spiro atoms. The van der Waals surface area contributed by atoms with Crippen LogP contribution in [0.2, 0.25) is 0 Å². The molecule has 0 fully saturated rings. The summed E-state index contributed by atoms with van der Waals surface area (Å²) in [5.41, 5.74) is 1.46. The van der Waals surface area contributed by atoms with Crippen molar-refractivity contribution < 1.29 is 23.8 Å². The fourth-order valence-electron chi connectivity index (χ4n) is 2.55. The van der Waals surface area contributed by atoms with E-state index in [1.165, 1.54) is 19.0 Å². The number of hydrogen-bond donors (Lipinski definition) is 0. The lowest BCUT2D eigenvalue weighted by Crippen LogP contribution is -2.16. The number of ether oxygens (including phenoxy) is 3. The van der Waals surface area contributed by atoms with Crippen LogP contribution in [0.4, 0.5) is 0 Å². The number of Topliss-reactive ketones (excluding diaryl/α,β-unsaturated/α-hetero) is 1. The van der Waals surface area contributed by atoms with Crippen molar-refractivity contribution in [3.8, 4) is 17.2 Å². The summed E-state index contributed by atoms with van der Waals surface area (Å²) in [6, 6.07) is 14.0. The highest BCUT2D eigenvalue weighted by Crippen LogP contribution is 2.25. The van der Waals surface area contributed by atoms with Gasteiger partial charge in [0, 0.05) is 6.07 Å². The average Bonchev–Trinajstić information content (AvgIpc) is 3.13. The Bertz CT molecular complexity index is 998. The molecule has 0 radical (unpaired) electrons. The number of rotatable bonds is 7. The zero-order chi connectivity index (χ0) is 20.1. The molecular formula is C20H19N3O5. The van der Waals surface area contributed by atoms with Gasteiger partial charge in [0.2, 0.25) is 5.78 Å². The number of carbonyl (C=O) groups is 2. The summed E-state index contributed by atoms with van der Waals surface area (Å²) in [5, 5.41) is 8.39. The summed E-state index contributed by atoms with van der Waals surface area (Å²) in [6.45, 7) is 1.20. The molecule has 0 aliphatic rings. The van der Waals surface area contributed by atoms with E-state index in [0.29, 0.717) is 28.4 Å². The van der Waals surface area contributed by atoms with Gasteiger partial charge in [-0.05, 0) is 31.2 Å². The Morgan fingerprint density at radius 3 is 2.43 bits per heavy atom. The van der Waals surface area contributed by atoms with Crippen molar-refractivity contribution in [2.45, 2.75) is 6.92 Å². The minimum absolute atomic E-state index is 0.0540. The van der Waals surface area contributed by atoms with Gasteiger partial charge in [-0.2, -0.15) is 9.90 Å². The van der Waals surface area contributed by atoms with Gasteiger partial charge >= 0.3 is 5.97 Å². The number of benzene rings is 2. The van der Waals surface area contributed by atoms with E-state index in [4.69, 9.17) is 14.2 Å². The van der Waals surface area contributed by atoms with Crippen molar-refractivity contribution in [1.82, 2.24) is 15.0 Å². The fraction of sp³-hybridized carbons (Fsp3) is 0.200. The minimum atomic E-state index is -0.722. The summed E-state index contributed by atoms with van der Waals surface area (Å²) in [7, 11) is 2.96. The standard InChI is InChI=1S/C20H19N3O5/c1-13-19(22-23(21-13)14-7-5-4-6-8-14)20(25)28-12-17(24)16-10-9-15(26-2)11-18(16)27-3/h4-11H,12H2,1-3H3. The van der Waals surface area contributed by atoms with Gasteiger partial charge in [0.05, 0.1) is 31.2 Å². The first-order chi connectivity index (χ1) is 13.5. The van der Waals surface area contributed by atoms with E-state index in [1.807, 2.05) is 30.3 Å². The highest BCUT2D eigenvalue weighted by Gasteiger charge is 2.21. The third-order valence-corrected chi connectivity index (χ3v) is 4.01. The summed E-state index contributed by atoms with van der Waals surface area (Å²) >= 11 is 0. The predicted octanol–water partition coefficient (Wildman–Crippen LogP) is 2.63. The Balaban J connectivity index is 1.71. The lowest BCUT2D eigenvalue weighted by Gasteiger charge is -2.09. The van der Waals surface area contributed by atoms with Crippen LogP contribution < -0.4 is 9.47 Å². The number of esters is 1. The maximum absolute atomic E-state index is 12.4. The van der Waals surface area contributed by atoms with Crippen molar-refractivity contribution in [3.05, 3.63) is 65.5 Å². The molecule has 0 aliphatic carbocycles. The number of carbonyl (C=O) groups excluding carboxylic acids is 2. The van der Waals surface area contributed by atoms with Gasteiger partial charge in [-0.3, -0.25) is 4.79 Å². The zero-order valence-corrected chi connectivity index (χ0v) is 15.7. The largest absolute Gasteiger partial charge is 0.497 e. The number of methoxy groups -OCH3 is 2. The van der Waals surface area contributed by atoms with E-state index in [9.17, 15) is 9.59 Å². The number of nitrogens with zero attached hydrogens (tertiary/aromatic N) is 3. The summed E-state index contributed by atoms with van der Waals surface area (Å²) in [6.07, 6.45) is 0. The number of aryl methyl sites for hydroxylation is 1. The average molecular weight is 381 g/mol. The number of hydrogen-bond acceptors (Lipinski definition) is 7. The minimum Gasteiger partial charge on any atom is -0.497 e. The second-order valence-corrected chi connectivity index (χ2v) is 5.82. The van der Waals surface area contributed by atoms with E-state index in [1.54, 1.807) is 25.1 Å². The van der Waals surface area contributed by atoms with Gasteiger partial charge < -0.3 is 14.2 Å². The molecule has 0 aliphatic heterocycles. The van der Waals surface area contributed by atoms with Gasteiger partial charge in [0.1, 0.15) is 11.5 Å².